The number of anilines is 1. The SMILES string of the molecule is Cc1cc2c(Br)cccc2c(-c2ccc(C#N)c(NC3CCC(O)CC3)c2)n1. The molecule has 1 aromatic heterocycles. The van der Waals surface area contributed by atoms with Crippen LogP contribution in [0.4, 0.5) is 5.69 Å². The molecule has 0 spiro atoms. The summed E-state index contributed by atoms with van der Waals surface area (Å²) in [5, 5.41) is 25.0. The van der Waals surface area contributed by atoms with Crippen LogP contribution in [0.3, 0.4) is 0 Å². The second-order valence-electron chi connectivity index (χ2n) is 7.47. The molecule has 3 aromatic rings. The second-order valence-corrected chi connectivity index (χ2v) is 8.32. The summed E-state index contributed by atoms with van der Waals surface area (Å²) < 4.78 is 1.05. The van der Waals surface area contributed by atoms with Gasteiger partial charge in [-0.1, -0.05) is 34.1 Å². The lowest BCUT2D eigenvalue weighted by molar-refractivity contribution is 0.126. The Labute approximate surface area is 173 Å². The van der Waals surface area contributed by atoms with Gasteiger partial charge in [0, 0.05) is 27.2 Å². The smallest absolute Gasteiger partial charge is 0.101 e. The molecular formula is C23H22BrN3O. The predicted molar refractivity (Wildman–Crippen MR) is 116 cm³/mol. The number of fused-ring (bicyclic) bond motifs is 1. The van der Waals surface area contributed by atoms with Crippen molar-refractivity contribution in [2.45, 2.75) is 44.8 Å². The van der Waals surface area contributed by atoms with Crippen molar-refractivity contribution in [2.24, 2.45) is 0 Å². The summed E-state index contributed by atoms with van der Waals surface area (Å²) in [6.07, 6.45) is 3.24. The summed E-state index contributed by atoms with van der Waals surface area (Å²) in [5.74, 6) is 0. The van der Waals surface area contributed by atoms with Gasteiger partial charge in [-0.05, 0) is 62.3 Å². The van der Waals surface area contributed by atoms with Gasteiger partial charge < -0.3 is 10.4 Å². The van der Waals surface area contributed by atoms with Crippen molar-refractivity contribution in [1.29, 1.82) is 5.26 Å². The van der Waals surface area contributed by atoms with Gasteiger partial charge in [-0.2, -0.15) is 5.26 Å². The minimum absolute atomic E-state index is 0.193. The maximum Gasteiger partial charge on any atom is 0.101 e. The molecule has 1 fully saturated rings. The van der Waals surface area contributed by atoms with Crippen molar-refractivity contribution in [3.63, 3.8) is 0 Å². The van der Waals surface area contributed by atoms with Crippen LogP contribution < -0.4 is 5.32 Å². The number of hydrogen-bond donors (Lipinski definition) is 2. The van der Waals surface area contributed by atoms with Crippen LogP contribution in [-0.4, -0.2) is 22.2 Å². The quantitative estimate of drug-likeness (QED) is 0.564. The summed E-state index contributed by atoms with van der Waals surface area (Å²) in [5.41, 5.74) is 4.34. The molecule has 0 saturated heterocycles. The van der Waals surface area contributed by atoms with E-state index in [1.165, 1.54) is 0 Å². The number of aliphatic hydroxyl groups excluding tert-OH is 1. The zero-order chi connectivity index (χ0) is 19.7. The third-order valence-corrected chi connectivity index (χ3v) is 6.11. The lowest BCUT2D eigenvalue weighted by atomic mass is 9.92. The summed E-state index contributed by atoms with van der Waals surface area (Å²) in [6, 6.07) is 16.7. The Bertz CT molecular complexity index is 1070. The van der Waals surface area contributed by atoms with Crippen LogP contribution in [-0.2, 0) is 0 Å². The molecule has 142 valence electrons. The number of hydrogen-bond acceptors (Lipinski definition) is 4. The van der Waals surface area contributed by atoms with Crippen LogP contribution in [0.2, 0.25) is 0 Å². The number of halogens is 1. The normalized spacial score (nSPS) is 19.4. The summed E-state index contributed by atoms with van der Waals surface area (Å²) in [4.78, 5) is 4.80. The van der Waals surface area contributed by atoms with E-state index in [4.69, 9.17) is 4.98 Å². The molecule has 0 radical (unpaired) electrons. The molecule has 1 heterocycles. The highest BCUT2D eigenvalue weighted by Crippen LogP contribution is 2.34. The van der Waals surface area contributed by atoms with Crippen LogP contribution in [0.1, 0.15) is 36.9 Å². The van der Waals surface area contributed by atoms with Crippen molar-refractivity contribution in [1.82, 2.24) is 4.98 Å². The first-order valence-corrected chi connectivity index (χ1v) is 10.4. The minimum atomic E-state index is -0.193. The van der Waals surface area contributed by atoms with E-state index in [2.05, 4.69) is 39.4 Å². The van der Waals surface area contributed by atoms with Crippen LogP contribution in [0, 0.1) is 18.3 Å². The van der Waals surface area contributed by atoms with E-state index in [1.807, 2.05) is 37.3 Å². The van der Waals surface area contributed by atoms with Gasteiger partial charge in [0.05, 0.1) is 23.0 Å². The Morgan fingerprint density at radius 2 is 1.89 bits per heavy atom. The molecule has 0 amide bonds. The number of aliphatic hydroxyl groups is 1. The van der Waals surface area contributed by atoms with Crippen molar-refractivity contribution >= 4 is 32.4 Å². The van der Waals surface area contributed by atoms with Crippen LogP contribution >= 0.6 is 15.9 Å². The zero-order valence-corrected chi connectivity index (χ0v) is 17.3. The maximum atomic E-state index is 9.74. The molecular weight excluding hydrogens is 414 g/mol. The molecule has 1 aliphatic carbocycles. The fraction of sp³-hybridized carbons (Fsp3) is 0.304. The molecule has 0 bridgehead atoms. The Morgan fingerprint density at radius 1 is 1.11 bits per heavy atom. The highest BCUT2D eigenvalue weighted by molar-refractivity contribution is 9.10. The summed E-state index contributed by atoms with van der Waals surface area (Å²) in [6.45, 7) is 2.00. The molecule has 4 rings (SSSR count). The fourth-order valence-electron chi connectivity index (χ4n) is 3.94. The monoisotopic (exact) mass is 435 g/mol. The molecule has 28 heavy (non-hydrogen) atoms. The number of nitrogens with zero attached hydrogens (tertiary/aromatic N) is 2. The van der Waals surface area contributed by atoms with Gasteiger partial charge in [-0.15, -0.1) is 0 Å². The van der Waals surface area contributed by atoms with E-state index in [9.17, 15) is 10.4 Å². The molecule has 4 nitrogen and oxygen atoms in total. The Morgan fingerprint density at radius 3 is 2.64 bits per heavy atom. The average Bonchev–Trinajstić information content (AvgIpc) is 2.70. The molecule has 0 aliphatic heterocycles. The maximum absolute atomic E-state index is 9.74. The number of benzene rings is 2. The van der Waals surface area contributed by atoms with Crippen molar-refractivity contribution in [3.8, 4) is 17.3 Å². The number of aromatic nitrogens is 1. The first-order valence-electron chi connectivity index (χ1n) is 9.60. The zero-order valence-electron chi connectivity index (χ0n) is 15.7. The largest absolute Gasteiger partial charge is 0.393 e. The number of pyridine rings is 1. The van der Waals surface area contributed by atoms with Gasteiger partial charge in [0.1, 0.15) is 6.07 Å². The van der Waals surface area contributed by atoms with Crippen LogP contribution in [0.15, 0.2) is 46.9 Å². The van der Waals surface area contributed by atoms with Crippen molar-refractivity contribution < 1.29 is 5.11 Å². The molecule has 2 N–H and O–H groups in total. The van der Waals surface area contributed by atoms with Gasteiger partial charge in [-0.25, -0.2) is 0 Å². The van der Waals surface area contributed by atoms with Crippen molar-refractivity contribution in [2.75, 3.05) is 5.32 Å². The molecule has 0 atom stereocenters. The van der Waals surface area contributed by atoms with Gasteiger partial charge in [0.15, 0.2) is 0 Å². The first-order chi connectivity index (χ1) is 13.5. The summed E-state index contributed by atoms with van der Waals surface area (Å²) in [7, 11) is 0. The number of rotatable bonds is 3. The Hall–Kier alpha value is -2.42. The molecule has 2 aromatic carbocycles. The Balaban J connectivity index is 1.76. The van der Waals surface area contributed by atoms with Gasteiger partial charge in [0.25, 0.3) is 0 Å². The first kappa shape index (κ1) is 18.9. The number of nitriles is 1. The highest BCUT2D eigenvalue weighted by Gasteiger charge is 2.20. The van der Waals surface area contributed by atoms with Gasteiger partial charge in [0.2, 0.25) is 0 Å². The van der Waals surface area contributed by atoms with Crippen LogP contribution in [0.5, 0.6) is 0 Å². The van der Waals surface area contributed by atoms with E-state index in [0.717, 1.165) is 63.6 Å². The average molecular weight is 436 g/mol. The van der Waals surface area contributed by atoms with E-state index < -0.39 is 0 Å². The van der Waals surface area contributed by atoms with Gasteiger partial charge in [-0.3, -0.25) is 4.98 Å². The van der Waals surface area contributed by atoms with E-state index in [-0.39, 0.29) is 12.1 Å². The number of aryl methyl sites for hydroxylation is 1. The molecule has 0 unspecified atom stereocenters. The highest BCUT2D eigenvalue weighted by atomic mass is 79.9. The summed E-state index contributed by atoms with van der Waals surface area (Å²) >= 11 is 3.64. The van der Waals surface area contributed by atoms with Crippen molar-refractivity contribution in [3.05, 3.63) is 58.2 Å². The van der Waals surface area contributed by atoms with Crippen LogP contribution in [0.25, 0.3) is 22.0 Å². The lowest BCUT2D eigenvalue weighted by Gasteiger charge is -2.27. The van der Waals surface area contributed by atoms with E-state index in [0.29, 0.717) is 5.56 Å². The topological polar surface area (TPSA) is 68.9 Å². The minimum Gasteiger partial charge on any atom is -0.393 e. The van der Waals surface area contributed by atoms with Gasteiger partial charge >= 0.3 is 0 Å². The molecule has 5 heteroatoms. The fourth-order valence-corrected chi connectivity index (χ4v) is 4.42. The lowest BCUT2D eigenvalue weighted by Crippen LogP contribution is -2.28. The standard InChI is InChI=1S/C23H22BrN3O/c1-14-11-20-19(3-2-4-21(20)24)23(26-14)15-5-6-16(13-25)22(12-15)27-17-7-9-18(28)10-8-17/h2-6,11-12,17-18,27-28H,7-10H2,1H3. The Kier molecular flexibility index (Phi) is 5.34. The molecule has 1 saturated carbocycles. The number of nitrogens with one attached hydrogen (secondary N) is 1. The third-order valence-electron chi connectivity index (χ3n) is 5.42. The van der Waals surface area contributed by atoms with E-state index >= 15 is 0 Å². The second kappa shape index (κ2) is 7.90. The molecule has 1 aliphatic rings. The third kappa shape index (κ3) is 3.76. The predicted octanol–water partition coefficient (Wildman–Crippen LogP) is 5.56. The van der Waals surface area contributed by atoms with E-state index in [1.54, 1.807) is 0 Å².